The number of rotatable bonds is 2. The van der Waals surface area contributed by atoms with Crippen molar-refractivity contribution in [2.75, 3.05) is 0 Å². The highest BCUT2D eigenvalue weighted by atomic mass is 16.4. The summed E-state index contributed by atoms with van der Waals surface area (Å²) in [4.78, 5) is 21.2. The lowest BCUT2D eigenvalue weighted by molar-refractivity contribution is 0.0698. The summed E-state index contributed by atoms with van der Waals surface area (Å²) in [6.07, 6.45) is 0. The lowest BCUT2D eigenvalue weighted by atomic mass is 10.1. The highest BCUT2D eigenvalue weighted by Crippen LogP contribution is 2.17. The third-order valence-corrected chi connectivity index (χ3v) is 3.08. The standard InChI is InChI=1S/C11H8O2.C7H7NO/c12-11(13)10-7-3-5-8-4-1-2-6-9(8)10;8-7(9)6-4-2-1-3-5-6/h1-7H,(H,12,13);1-5H,(H2,8,9). The van der Waals surface area contributed by atoms with E-state index < -0.39 is 5.97 Å². The van der Waals surface area contributed by atoms with Crippen molar-refractivity contribution in [3.63, 3.8) is 0 Å². The number of hydrogen-bond donors (Lipinski definition) is 2. The van der Waals surface area contributed by atoms with Crippen LogP contribution < -0.4 is 5.73 Å². The smallest absolute Gasteiger partial charge is 0.336 e. The Morgan fingerprint density at radius 3 is 1.95 bits per heavy atom. The fraction of sp³-hybridized carbons (Fsp3) is 0. The fourth-order valence-corrected chi connectivity index (χ4v) is 2.01. The minimum atomic E-state index is -0.878. The van der Waals surface area contributed by atoms with Crippen LogP contribution in [-0.4, -0.2) is 17.0 Å². The molecule has 1 amide bonds. The first-order valence-electron chi connectivity index (χ1n) is 6.65. The number of carboxylic acid groups (broad SMARTS) is 1. The van der Waals surface area contributed by atoms with Crippen LogP contribution in [-0.2, 0) is 0 Å². The maximum atomic E-state index is 10.8. The predicted molar refractivity (Wildman–Crippen MR) is 85.9 cm³/mol. The first-order chi connectivity index (χ1) is 10.6. The van der Waals surface area contributed by atoms with Crippen molar-refractivity contribution in [3.05, 3.63) is 83.9 Å². The summed E-state index contributed by atoms with van der Waals surface area (Å²) < 4.78 is 0. The second-order valence-electron chi connectivity index (χ2n) is 4.56. The molecule has 110 valence electrons. The van der Waals surface area contributed by atoms with E-state index in [1.165, 1.54) is 0 Å². The summed E-state index contributed by atoms with van der Waals surface area (Å²) in [5, 5.41) is 10.6. The number of fused-ring (bicyclic) bond motifs is 1. The van der Waals surface area contributed by atoms with Crippen molar-refractivity contribution in [1.29, 1.82) is 0 Å². The van der Waals surface area contributed by atoms with Crippen molar-refractivity contribution in [2.24, 2.45) is 5.73 Å². The average Bonchev–Trinajstić information content (AvgIpc) is 2.55. The monoisotopic (exact) mass is 293 g/mol. The van der Waals surface area contributed by atoms with Gasteiger partial charge in [-0.2, -0.15) is 0 Å². The van der Waals surface area contributed by atoms with E-state index in [-0.39, 0.29) is 5.91 Å². The van der Waals surface area contributed by atoms with Crippen LogP contribution in [0.1, 0.15) is 20.7 Å². The van der Waals surface area contributed by atoms with Crippen LogP contribution in [0.4, 0.5) is 0 Å². The van der Waals surface area contributed by atoms with Gasteiger partial charge in [-0.05, 0) is 29.0 Å². The minimum Gasteiger partial charge on any atom is -0.478 e. The van der Waals surface area contributed by atoms with Gasteiger partial charge in [-0.15, -0.1) is 0 Å². The fourth-order valence-electron chi connectivity index (χ4n) is 2.01. The molecule has 0 spiro atoms. The molecule has 22 heavy (non-hydrogen) atoms. The van der Waals surface area contributed by atoms with Crippen LogP contribution in [0.2, 0.25) is 0 Å². The molecule has 0 saturated carbocycles. The van der Waals surface area contributed by atoms with Crippen molar-refractivity contribution in [1.82, 2.24) is 0 Å². The Balaban J connectivity index is 0.000000172. The van der Waals surface area contributed by atoms with Crippen LogP contribution in [0.15, 0.2) is 72.8 Å². The van der Waals surface area contributed by atoms with E-state index in [0.29, 0.717) is 11.1 Å². The molecule has 0 bridgehead atoms. The SMILES string of the molecule is NC(=O)c1ccccc1.O=C(O)c1cccc2ccccc12. The molecule has 0 unspecified atom stereocenters. The Morgan fingerprint density at radius 1 is 0.773 bits per heavy atom. The number of primary amides is 1. The van der Waals surface area contributed by atoms with Gasteiger partial charge in [0.25, 0.3) is 0 Å². The molecule has 0 atom stereocenters. The molecule has 3 N–H and O–H groups in total. The molecule has 3 aromatic carbocycles. The molecule has 0 saturated heterocycles. The summed E-state index contributed by atoms with van der Waals surface area (Å²) in [6, 6.07) is 21.5. The predicted octanol–water partition coefficient (Wildman–Crippen LogP) is 3.32. The van der Waals surface area contributed by atoms with Crippen molar-refractivity contribution in [3.8, 4) is 0 Å². The van der Waals surface area contributed by atoms with Crippen molar-refractivity contribution >= 4 is 22.6 Å². The molecule has 0 aliphatic heterocycles. The van der Waals surface area contributed by atoms with E-state index in [4.69, 9.17) is 10.8 Å². The van der Waals surface area contributed by atoms with Gasteiger partial charge in [-0.3, -0.25) is 4.79 Å². The number of hydrogen-bond acceptors (Lipinski definition) is 2. The van der Waals surface area contributed by atoms with Gasteiger partial charge in [0.05, 0.1) is 5.56 Å². The largest absolute Gasteiger partial charge is 0.478 e. The zero-order valence-electron chi connectivity index (χ0n) is 11.8. The lowest BCUT2D eigenvalue weighted by Gasteiger charge is -2.00. The van der Waals surface area contributed by atoms with E-state index in [1.807, 2.05) is 36.4 Å². The highest BCUT2D eigenvalue weighted by Gasteiger charge is 2.05. The number of carbonyl (C=O) groups is 2. The Labute approximate surface area is 127 Å². The zero-order valence-corrected chi connectivity index (χ0v) is 11.8. The van der Waals surface area contributed by atoms with Crippen LogP contribution in [0.25, 0.3) is 10.8 Å². The second kappa shape index (κ2) is 7.04. The van der Waals surface area contributed by atoms with Gasteiger partial charge in [0, 0.05) is 5.56 Å². The summed E-state index contributed by atoms with van der Waals surface area (Å²) in [5.41, 5.74) is 5.89. The van der Waals surface area contributed by atoms with Crippen LogP contribution in [0, 0.1) is 0 Å². The molecule has 0 fully saturated rings. The van der Waals surface area contributed by atoms with E-state index in [9.17, 15) is 9.59 Å². The quantitative estimate of drug-likeness (QED) is 0.760. The van der Waals surface area contributed by atoms with Gasteiger partial charge in [0.15, 0.2) is 0 Å². The molecule has 0 aromatic heterocycles. The van der Waals surface area contributed by atoms with Gasteiger partial charge in [0.1, 0.15) is 0 Å². The second-order valence-corrected chi connectivity index (χ2v) is 4.56. The number of benzene rings is 3. The molecule has 3 rings (SSSR count). The van der Waals surface area contributed by atoms with Crippen molar-refractivity contribution < 1.29 is 14.7 Å². The number of carboxylic acids is 1. The topological polar surface area (TPSA) is 80.4 Å². The number of nitrogens with two attached hydrogens (primary N) is 1. The Bertz CT molecular complexity index is 792. The highest BCUT2D eigenvalue weighted by molar-refractivity contribution is 6.03. The van der Waals surface area contributed by atoms with Gasteiger partial charge in [-0.1, -0.05) is 54.6 Å². The molecule has 4 heteroatoms. The zero-order chi connectivity index (χ0) is 15.9. The van der Waals surface area contributed by atoms with Crippen LogP contribution in [0.5, 0.6) is 0 Å². The minimum absolute atomic E-state index is 0.359. The molecule has 3 aromatic rings. The first kappa shape index (κ1) is 15.3. The molecule has 0 aliphatic rings. The Morgan fingerprint density at radius 2 is 1.36 bits per heavy atom. The Hall–Kier alpha value is -3.14. The molecule has 0 heterocycles. The molecule has 0 aliphatic carbocycles. The van der Waals surface area contributed by atoms with Crippen LogP contribution >= 0.6 is 0 Å². The normalized spacial score (nSPS) is 9.64. The summed E-state index contributed by atoms with van der Waals surface area (Å²) in [6.45, 7) is 0. The first-order valence-corrected chi connectivity index (χ1v) is 6.65. The Kier molecular flexibility index (Phi) is 4.88. The lowest BCUT2D eigenvalue weighted by Crippen LogP contribution is -2.09. The number of amides is 1. The molecular formula is C18H15NO3. The maximum Gasteiger partial charge on any atom is 0.336 e. The third-order valence-electron chi connectivity index (χ3n) is 3.08. The van der Waals surface area contributed by atoms with Gasteiger partial charge < -0.3 is 10.8 Å². The van der Waals surface area contributed by atoms with E-state index in [2.05, 4.69) is 0 Å². The summed E-state index contributed by atoms with van der Waals surface area (Å²) in [7, 11) is 0. The summed E-state index contributed by atoms with van der Waals surface area (Å²) in [5.74, 6) is -1.26. The molecule has 4 nitrogen and oxygen atoms in total. The molecule has 0 radical (unpaired) electrons. The van der Waals surface area contributed by atoms with Crippen molar-refractivity contribution in [2.45, 2.75) is 0 Å². The van der Waals surface area contributed by atoms with Gasteiger partial charge in [-0.25, -0.2) is 4.79 Å². The number of carbonyl (C=O) groups excluding carboxylic acids is 1. The third kappa shape index (κ3) is 3.70. The van der Waals surface area contributed by atoms with Gasteiger partial charge in [0.2, 0.25) is 5.91 Å². The van der Waals surface area contributed by atoms with E-state index >= 15 is 0 Å². The maximum absolute atomic E-state index is 10.8. The van der Waals surface area contributed by atoms with E-state index in [0.717, 1.165) is 10.8 Å². The van der Waals surface area contributed by atoms with Crippen LogP contribution in [0.3, 0.4) is 0 Å². The molecular weight excluding hydrogens is 278 g/mol. The van der Waals surface area contributed by atoms with E-state index in [1.54, 1.807) is 36.4 Å². The van der Waals surface area contributed by atoms with Gasteiger partial charge >= 0.3 is 5.97 Å². The summed E-state index contributed by atoms with van der Waals surface area (Å²) >= 11 is 0. The average molecular weight is 293 g/mol. The number of aromatic carboxylic acids is 1.